The van der Waals surface area contributed by atoms with Crippen LogP contribution in [-0.4, -0.2) is 25.1 Å². The molecule has 0 spiro atoms. The molecule has 1 aliphatic rings. The standard InChI is InChI=1S/C18H22N2O/c1-21-17-8-7-15-12-18(14-5-3-2-4-6-14)20(10-9-19)13-16(15)11-17/h2-8,11,18H,9-10,12-13,19H2,1H3. The van der Waals surface area contributed by atoms with Gasteiger partial charge in [-0.15, -0.1) is 0 Å². The van der Waals surface area contributed by atoms with Crippen LogP contribution >= 0.6 is 0 Å². The Bertz CT molecular complexity index is 597. The Kier molecular flexibility index (Phi) is 4.23. The van der Waals surface area contributed by atoms with Gasteiger partial charge in [-0.3, -0.25) is 4.90 Å². The molecule has 1 unspecified atom stereocenters. The van der Waals surface area contributed by atoms with Crippen molar-refractivity contribution in [2.75, 3.05) is 20.2 Å². The molecule has 2 aromatic rings. The number of fused-ring (bicyclic) bond motifs is 1. The molecule has 21 heavy (non-hydrogen) atoms. The van der Waals surface area contributed by atoms with Gasteiger partial charge in [-0.1, -0.05) is 36.4 Å². The maximum atomic E-state index is 5.81. The molecule has 0 amide bonds. The van der Waals surface area contributed by atoms with Crippen molar-refractivity contribution >= 4 is 0 Å². The summed E-state index contributed by atoms with van der Waals surface area (Å²) in [5.41, 5.74) is 9.95. The van der Waals surface area contributed by atoms with E-state index < -0.39 is 0 Å². The summed E-state index contributed by atoms with van der Waals surface area (Å²) in [6.07, 6.45) is 1.03. The lowest BCUT2D eigenvalue weighted by atomic mass is 9.89. The van der Waals surface area contributed by atoms with Crippen LogP contribution in [0, 0.1) is 0 Å². The molecule has 1 heterocycles. The van der Waals surface area contributed by atoms with Crippen molar-refractivity contribution in [3.8, 4) is 5.75 Å². The van der Waals surface area contributed by atoms with E-state index in [1.807, 2.05) is 0 Å². The monoisotopic (exact) mass is 282 g/mol. The Labute approximate surface area is 126 Å². The van der Waals surface area contributed by atoms with Crippen LogP contribution in [0.5, 0.6) is 5.75 Å². The van der Waals surface area contributed by atoms with E-state index in [0.29, 0.717) is 12.6 Å². The summed E-state index contributed by atoms with van der Waals surface area (Å²) in [7, 11) is 1.72. The van der Waals surface area contributed by atoms with Gasteiger partial charge in [-0.25, -0.2) is 0 Å². The smallest absolute Gasteiger partial charge is 0.119 e. The molecule has 2 N–H and O–H groups in total. The molecule has 0 aromatic heterocycles. The minimum atomic E-state index is 0.413. The zero-order valence-corrected chi connectivity index (χ0v) is 12.5. The molecule has 1 aliphatic heterocycles. The Morgan fingerprint density at radius 2 is 1.95 bits per heavy atom. The highest BCUT2D eigenvalue weighted by atomic mass is 16.5. The summed E-state index contributed by atoms with van der Waals surface area (Å²) in [6.45, 7) is 2.53. The SMILES string of the molecule is COc1ccc2c(c1)CN(CCN)C(c1ccccc1)C2. The van der Waals surface area contributed by atoms with Crippen LogP contribution < -0.4 is 10.5 Å². The van der Waals surface area contributed by atoms with Crippen molar-refractivity contribution in [3.63, 3.8) is 0 Å². The van der Waals surface area contributed by atoms with Gasteiger partial charge in [0.25, 0.3) is 0 Å². The number of hydrogen-bond donors (Lipinski definition) is 1. The van der Waals surface area contributed by atoms with Crippen LogP contribution in [0.1, 0.15) is 22.7 Å². The fraction of sp³-hybridized carbons (Fsp3) is 0.333. The minimum Gasteiger partial charge on any atom is -0.497 e. The third-order valence-electron chi connectivity index (χ3n) is 4.24. The first-order valence-electron chi connectivity index (χ1n) is 7.46. The molecular weight excluding hydrogens is 260 g/mol. The fourth-order valence-electron chi connectivity index (χ4n) is 3.15. The number of benzene rings is 2. The number of hydrogen-bond acceptors (Lipinski definition) is 3. The summed E-state index contributed by atoms with van der Waals surface area (Å²) < 4.78 is 5.34. The van der Waals surface area contributed by atoms with E-state index >= 15 is 0 Å². The molecule has 2 aromatic carbocycles. The number of ether oxygens (including phenoxy) is 1. The van der Waals surface area contributed by atoms with Gasteiger partial charge in [0.1, 0.15) is 5.75 Å². The summed E-state index contributed by atoms with van der Waals surface area (Å²) in [4.78, 5) is 2.47. The van der Waals surface area contributed by atoms with Gasteiger partial charge < -0.3 is 10.5 Å². The first-order chi connectivity index (χ1) is 10.3. The van der Waals surface area contributed by atoms with Crippen LogP contribution in [0.4, 0.5) is 0 Å². The van der Waals surface area contributed by atoms with Crippen molar-refractivity contribution in [2.45, 2.75) is 19.0 Å². The third kappa shape index (κ3) is 2.94. The zero-order chi connectivity index (χ0) is 14.7. The molecule has 0 aliphatic carbocycles. The van der Waals surface area contributed by atoms with Crippen molar-refractivity contribution in [2.24, 2.45) is 5.73 Å². The van der Waals surface area contributed by atoms with Crippen molar-refractivity contribution in [3.05, 3.63) is 65.2 Å². The van der Waals surface area contributed by atoms with Crippen molar-refractivity contribution in [1.82, 2.24) is 4.90 Å². The normalized spacial score (nSPS) is 18.3. The van der Waals surface area contributed by atoms with Gasteiger partial charge in [-0.2, -0.15) is 0 Å². The van der Waals surface area contributed by atoms with Crippen molar-refractivity contribution < 1.29 is 4.74 Å². The Morgan fingerprint density at radius 1 is 1.14 bits per heavy atom. The predicted molar refractivity (Wildman–Crippen MR) is 85.3 cm³/mol. The first kappa shape index (κ1) is 14.1. The number of rotatable bonds is 4. The quantitative estimate of drug-likeness (QED) is 0.937. The third-order valence-corrected chi connectivity index (χ3v) is 4.24. The molecule has 0 saturated heterocycles. The number of methoxy groups -OCH3 is 1. The lowest BCUT2D eigenvalue weighted by Crippen LogP contribution is -2.37. The Balaban J connectivity index is 1.93. The molecule has 3 rings (SSSR count). The first-order valence-corrected chi connectivity index (χ1v) is 7.46. The van der Waals surface area contributed by atoms with E-state index in [1.54, 1.807) is 7.11 Å². The van der Waals surface area contributed by atoms with E-state index in [4.69, 9.17) is 10.5 Å². The average molecular weight is 282 g/mol. The summed E-state index contributed by atoms with van der Waals surface area (Å²) in [6, 6.07) is 17.5. The molecule has 0 fully saturated rings. The fourth-order valence-corrected chi connectivity index (χ4v) is 3.15. The molecule has 3 nitrogen and oxygen atoms in total. The van der Waals surface area contributed by atoms with E-state index in [1.165, 1.54) is 16.7 Å². The maximum Gasteiger partial charge on any atom is 0.119 e. The molecule has 110 valence electrons. The highest BCUT2D eigenvalue weighted by Crippen LogP contribution is 2.34. The van der Waals surface area contributed by atoms with Crippen LogP contribution in [0.25, 0.3) is 0 Å². The van der Waals surface area contributed by atoms with E-state index in [-0.39, 0.29) is 0 Å². The van der Waals surface area contributed by atoms with Crippen LogP contribution in [0.15, 0.2) is 48.5 Å². The van der Waals surface area contributed by atoms with Gasteiger partial charge in [0.2, 0.25) is 0 Å². The second-order valence-corrected chi connectivity index (χ2v) is 5.52. The molecule has 0 bridgehead atoms. The minimum absolute atomic E-state index is 0.413. The maximum absolute atomic E-state index is 5.81. The highest BCUT2D eigenvalue weighted by Gasteiger charge is 2.26. The van der Waals surface area contributed by atoms with Crippen LogP contribution in [0.3, 0.4) is 0 Å². The predicted octanol–water partition coefficient (Wildman–Crippen LogP) is 2.75. The average Bonchev–Trinajstić information content (AvgIpc) is 2.55. The molecule has 0 saturated carbocycles. The lowest BCUT2D eigenvalue weighted by molar-refractivity contribution is 0.177. The van der Waals surface area contributed by atoms with E-state index in [0.717, 1.165) is 25.3 Å². The topological polar surface area (TPSA) is 38.5 Å². The van der Waals surface area contributed by atoms with Gasteiger partial charge in [-0.05, 0) is 35.2 Å². The zero-order valence-electron chi connectivity index (χ0n) is 12.5. The van der Waals surface area contributed by atoms with Gasteiger partial charge >= 0.3 is 0 Å². The second-order valence-electron chi connectivity index (χ2n) is 5.52. The highest BCUT2D eigenvalue weighted by molar-refractivity contribution is 5.39. The Hall–Kier alpha value is -1.84. The Morgan fingerprint density at radius 3 is 2.67 bits per heavy atom. The second kappa shape index (κ2) is 6.29. The van der Waals surface area contributed by atoms with Gasteiger partial charge in [0.15, 0.2) is 0 Å². The van der Waals surface area contributed by atoms with Crippen LogP contribution in [-0.2, 0) is 13.0 Å². The number of nitrogens with two attached hydrogens (primary N) is 1. The lowest BCUT2D eigenvalue weighted by Gasteiger charge is -2.37. The largest absolute Gasteiger partial charge is 0.497 e. The summed E-state index contributed by atoms with van der Waals surface area (Å²) in [5, 5.41) is 0. The van der Waals surface area contributed by atoms with E-state index in [2.05, 4.69) is 53.4 Å². The van der Waals surface area contributed by atoms with E-state index in [9.17, 15) is 0 Å². The summed E-state index contributed by atoms with van der Waals surface area (Å²) in [5.74, 6) is 0.930. The summed E-state index contributed by atoms with van der Waals surface area (Å²) >= 11 is 0. The molecule has 3 heteroatoms. The number of nitrogens with zero attached hydrogens (tertiary/aromatic N) is 1. The van der Waals surface area contributed by atoms with Gasteiger partial charge in [0, 0.05) is 25.7 Å². The van der Waals surface area contributed by atoms with Crippen LogP contribution in [0.2, 0.25) is 0 Å². The molecule has 1 atom stereocenters. The molecule has 0 radical (unpaired) electrons. The molecular formula is C18H22N2O. The van der Waals surface area contributed by atoms with Crippen molar-refractivity contribution in [1.29, 1.82) is 0 Å². The van der Waals surface area contributed by atoms with Gasteiger partial charge in [0.05, 0.1) is 7.11 Å².